The largest absolute Gasteiger partial charge is 0.573 e. The van der Waals surface area contributed by atoms with Gasteiger partial charge in [-0.25, -0.2) is 0 Å². The van der Waals surface area contributed by atoms with Gasteiger partial charge in [-0.2, -0.15) is 0 Å². The van der Waals surface area contributed by atoms with E-state index < -0.39 is 12.4 Å². The van der Waals surface area contributed by atoms with Gasteiger partial charge in [-0.15, -0.1) is 13.2 Å². The van der Waals surface area contributed by atoms with Crippen LogP contribution in [-0.4, -0.2) is 6.36 Å². The standard InChI is InChI=1S/C15H13ClF3NO/c1-9-6-7-10(16)8-12(9)14(20)11-4-2-3-5-13(11)21-15(17,18)19/h2-8,14H,20H2,1H3. The predicted molar refractivity (Wildman–Crippen MR) is 75.3 cm³/mol. The van der Waals surface area contributed by atoms with Gasteiger partial charge in [0.05, 0.1) is 6.04 Å². The van der Waals surface area contributed by atoms with E-state index in [-0.39, 0.29) is 11.3 Å². The lowest BCUT2D eigenvalue weighted by Crippen LogP contribution is -2.21. The molecule has 0 spiro atoms. The fourth-order valence-corrected chi connectivity index (χ4v) is 2.25. The normalized spacial score (nSPS) is 13.0. The van der Waals surface area contributed by atoms with Gasteiger partial charge in [0.25, 0.3) is 0 Å². The lowest BCUT2D eigenvalue weighted by atomic mass is 9.95. The summed E-state index contributed by atoms with van der Waals surface area (Å²) in [5.74, 6) is -0.308. The van der Waals surface area contributed by atoms with Crippen molar-refractivity contribution in [2.45, 2.75) is 19.3 Å². The van der Waals surface area contributed by atoms with E-state index in [2.05, 4.69) is 4.74 Å². The van der Waals surface area contributed by atoms with Gasteiger partial charge in [-0.1, -0.05) is 35.9 Å². The Morgan fingerprint density at radius 3 is 2.43 bits per heavy atom. The summed E-state index contributed by atoms with van der Waals surface area (Å²) in [4.78, 5) is 0. The molecule has 0 aliphatic rings. The van der Waals surface area contributed by atoms with Gasteiger partial charge in [-0.05, 0) is 36.2 Å². The molecule has 21 heavy (non-hydrogen) atoms. The third-order valence-corrected chi connectivity index (χ3v) is 3.29. The van der Waals surface area contributed by atoms with Crippen molar-refractivity contribution in [2.75, 3.05) is 0 Å². The minimum absolute atomic E-state index is 0.250. The van der Waals surface area contributed by atoms with Crippen LogP contribution in [0.25, 0.3) is 0 Å². The zero-order valence-corrected chi connectivity index (χ0v) is 11.9. The van der Waals surface area contributed by atoms with Crippen molar-refractivity contribution in [3.8, 4) is 5.75 Å². The van der Waals surface area contributed by atoms with Gasteiger partial charge >= 0.3 is 6.36 Å². The molecule has 6 heteroatoms. The van der Waals surface area contributed by atoms with E-state index in [9.17, 15) is 13.2 Å². The third-order valence-electron chi connectivity index (χ3n) is 3.06. The van der Waals surface area contributed by atoms with Crippen LogP contribution in [0.1, 0.15) is 22.7 Å². The van der Waals surface area contributed by atoms with Crippen LogP contribution in [0.4, 0.5) is 13.2 Å². The molecule has 0 fully saturated rings. The van der Waals surface area contributed by atoms with E-state index in [0.717, 1.165) is 5.56 Å². The van der Waals surface area contributed by atoms with Gasteiger partial charge in [0.1, 0.15) is 5.75 Å². The maximum Gasteiger partial charge on any atom is 0.573 e. The molecule has 0 saturated carbocycles. The number of rotatable bonds is 3. The van der Waals surface area contributed by atoms with Gasteiger partial charge in [0.2, 0.25) is 0 Å². The van der Waals surface area contributed by atoms with Crippen LogP contribution < -0.4 is 10.5 Å². The number of nitrogens with two attached hydrogens (primary N) is 1. The molecular weight excluding hydrogens is 303 g/mol. The highest BCUT2D eigenvalue weighted by molar-refractivity contribution is 6.30. The molecule has 1 unspecified atom stereocenters. The van der Waals surface area contributed by atoms with Crippen LogP contribution in [0.5, 0.6) is 5.75 Å². The second-order valence-electron chi connectivity index (χ2n) is 4.56. The summed E-state index contributed by atoms with van der Waals surface area (Å²) in [6.07, 6.45) is -4.76. The Hall–Kier alpha value is -1.72. The average molecular weight is 316 g/mol. The zero-order valence-electron chi connectivity index (χ0n) is 11.1. The lowest BCUT2D eigenvalue weighted by Gasteiger charge is -2.19. The average Bonchev–Trinajstić information content (AvgIpc) is 2.39. The topological polar surface area (TPSA) is 35.2 Å². The van der Waals surface area contributed by atoms with Crippen LogP contribution in [0.2, 0.25) is 5.02 Å². The van der Waals surface area contributed by atoms with Crippen molar-refractivity contribution >= 4 is 11.6 Å². The third kappa shape index (κ3) is 3.89. The Bertz CT molecular complexity index is 643. The number of benzene rings is 2. The van der Waals surface area contributed by atoms with E-state index in [0.29, 0.717) is 10.6 Å². The van der Waals surface area contributed by atoms with Crippen LogP contribution in [0.15, 0.2) is 42.5 Å². The molecule has 112 valence electrons. The number of hydrogen-bond donors (Lipinski definition) is 1. The van der Waals surface area contributed by atoms with Crippen molar-refractivity contribution in [1.82, 2.24) is 0 Å². The van der Waals surface area contributed by atoms with Crippen molar-refractivity contribution in [3.63, 3.8) is 0 Å². The molecule has 0 aliphatic carbocycles. The highest BCUT2D eigenvalue weighted by atomic mass is 35.5. The SMILES string of the molecule is Cc1ccc(Cl)cc1C(N)c1ccccc1OC(F)(F)F. The molecule has 0 radical (unpaired) electrons. The number of aryl methyl sites for hydroxylation is 1. The molecule has 2 aromatic rings. The first-order valence-corrected chi connectivity index (χ1v) is 6.52. The van der Waals surface area contributed by atoms with Gasteiger partial charge in [0, 0.05) is 10.6 Å². The molecule has 0 bridgehead atoms. The molecule has 0 aromatic heterocycles. The van der Waals surface area contributed by atoms with Crippen LogP contribution in [0.3, 0.4) is 0 Å². The Morgan fingerprint density at radius 2 is 1.76 bits per heavy atom. The Morgan fingerprint density at radius 1 is 1.10 bits per heavy atom. The first-order chi connectivity index (χ1) is 9.78. The number of ether oxygens (including phenoxy) is 1. The second kappa shape index (κ2) is 5.95. The molecule has 0 saturated heterocycles. The van der Waals surface area contributed by atoms with E-state index in [1.54, 1.807) is 24.3 Å². The molecule has 2 aromatic carbocycles. The Labute approximate surface area is 125 Å². The minimum Gasteiger partial charge on any atom is -0.405 e. The maximum absolute atomic E-state index is 12.4. The van der Waals surface area contributed by atoms with Crippen molar-refractivity contribution in [3.05, 3.63) is 64.2 Å². The van der Waals surface area contributed by atoms with Crippen LogP contribution in [0, 0.1) is 6.92 Å². The van der Waals surface area contributed by atoms with E-state index in [4.69, 9.17) is 17.3 Å². The lowest BCUT2D eigenvalue weighted by molar-refractivity contribution is -0.274. The van der Waals surface area contributed by atoms with Crippen LogP contribution >= 0.6 is 11.6 Å². The van der Waals surface area contributed by atoms with Gasteiger partial charge < -0.3 is 10.5 Å². The summed E-state index contributed by atoms with van der Waals surface area (Å²) < 4.78 is 41.4. The van der Waals surface area contributed by atoms with Crippen molar-refractivity contribution < 1.29 is 17.9 Å². The van der Waals surface area contributed by atoms with E-state index >= 15 is 0 Å². The molecule has 2 rings (SSSR count). The number of para-hydroxylation sites is 1. The van der Waals surface area contributed by atoms with E-state index in [1.165, 1.54) is 18.2 Å². The first-order valence-electron chi connectivity index (χ1n) is 6.14. The summed E-state index contributed by atoms with van der Waals surface area (Å²) in [6, 6.07) is 10.2. The summed E-state index contributed by atoms with van der Waals surface area (Å²) >= 11 is 5.93. The summed E-state index contributed by atoms with van der Waals surface area (Å²) in [7, 11) is 0. The molecular formula is C15H13ClF3NO. The zero-order chi connectivity index (χ0) is 15.6. The fraction of sp³-hybridized carbons (Fsp3) is 0.200. The quantitative estimate of drug-likeness (QED) is 0.898. The number of hydrogen-bond acceptors (Lipinski definition) is 2. The minimum atomic E-state index is -4.76. The predicted octanol–water partition coefficient (Wildman–Crippen LogP) is 4.60. The van der Waals surface area contributed by atoms with E-state index in [1.807, 2.05) is 6.92 Å². The van der Waals surface area contributed by atoms with Crippen molar-refractivity contribution in [1.29, 1.82) is 0 Å². The molecule has 0 amide bonds. The Kier molecular flexibility index (Phi) is 4.44. The van der Waals surface area contributed by atoms with Gasteiger partial charge in [0.15, 0.2) is 0 Å². The smallest absolute Gasteiger partial charge is 0.405 e. The molecule has 2 nitrogen and oxygen atoms in total. The second-order valence-corrected chi connectivity index (χ2v) is 5.00. The summed E-state index contributed by atoms with van der Waals surface area (Å²) in [6.45, 7) is 1.82. The highest BCUT2D eigenvalue weighted by Gasteiger charge is 2.32. The molecule has 0 heterocycles. The van der Waals surface area contributed by atoms with Crippen LogP contribution in [-0.2, 0) is 0 Å². The number of halogens is 4. The molecule has 1 atom stereocenters. The van der Waals surface area contributed by atoms with Crippen molar-refractivity contribution in [2.24, 2.45) is 5.73 Å². The maximum atomic E-state index is 12.4. The van der Waals surface area contributed by atoms with Gasteiger partial charge in [-0.3, -0.25) is 0 Å². The number of alkyl halides is 3. The monoisotopic (exact) mass is 315 g/mol. The summed E-state index contributed by atoms with van der Waals surface area (Å²) in [5.41, 5.74) is 7.84. The molecule has 2 N–H and O–H groups in total. The summed E-state index contributed by atoms with van der Waals surface area (Å²) in [5, 5.41) is 0.472. The first kappa shape index (κ1) is 15.7. The highest BCUT2D eigenvalue weighted by Crippen LogP contribution is 2.33. The Balaban J connectivity index is 2.44. The fourth-order valence-electron chi connectivity index (χ4n) is 2.07. The molecule has 0 aliphatic heterocycles.